The second kappa shape index (κ2) is 12.2. The molecule has 2 rings (SSSR count). The second-order valence-electron chi connectivity index (χ2n) is 6.96. The van der Waals surface area contributed by atoms with Crippen LogP contribution in [0.2, 0.25) is 0 Å². The van der Waals surface area contributed by atoms with E-state index in [0.717, 1.165) is 56.3 Å². The summed E-state index contributed by atoms with van der Waals surface area (Å²) in [6.07, 6.45) is 0. The minimum atomic E-state index is 0. The topological polar surface area (TPSA) is 87.0 Å². The molecule has 1 aliphatic rings. The van der Waals surface area contributed by atoms with Crippen molar-refractivity contribution in [1.29, 1.82) is 0 Å². The predicted octanol–water partition coefficient (Wildman–Crippen LogP) is 0.111. The Morgan fingerprint density at radius 1 is 1.25 bits per heavy atom. The van der Waals surface area contributed by atoms with Crippen LogP contribution in [-0.4, -0.2) is 91.5 Å². The highest BCUT2D eigenvalue weighted by atomic mass is 127. The molecule has 0 unspecified atom stereocenters. The third-order valence-electron chi connectivity index (χ3n) is 4.78. The Morgan fingerprint density at radius 2 is 1.93 bits per heavy atom. The molecule has 9 nitrogen and oxygen atoms in total. The van der Waals surface area contributed by atoms with Gasteiger partial charge in [-0.05, 0) is 13.8 Å². The molecule has 160 valence electrons. The molecule has 28 heavy (non-hydrogen) atoms. The lowest BCUT2D eigenvalue weighted by Gasteiger charge is -2.26. The molecule has 1 amide bonds. The average Bonchev–Trinajstić information content (AvgIpc) is 2.89. The van der Waals surface area contributed by atoms with Crippen LogP contribution >= 0.6 is 24.0 Å². The molecule has 1 fully saturated rings. The van der Waals surface area contributed by atoms with E-state index in [1.54, 1.807) is 19.0 Å². The van der Waals surface area contributed by atoms with Gasteiger partial charge in [0.1, 0.15) is 0 Å². The number of aromatic nitrogens is 2. The normalized spacial score (nSPS) is 15.1. The van der Waals surface area contributed by atoms with Gasteiger partial charge in [0.25, 0.3) is 0 Å². The molecule has 2 N–H and O–H groups in total. The number of hydrogen-bond donors (Lipinski definition) is 2. The van der Waals surface area contributed by atoms with E-state index in [4.69, 9.17) is 4.74 Å². The van der Waals surface area contributed by atoms with Gasteiger partial charge in [-0.2, -0.15) is 5.10 Å². The largest absolute Gasteiger partial charge is 0.379 e. The minimum absolute atomic E-state index is 0. The maximum absolute atomic E-state index is 11.9. The van der Waals surface area contributed by atoms with Crippen molar-refractivity contribution in [2.24, 2.45) is 12.0 Å². The summed E-state index contributed by atoms with van der Waals surface area (Å²) in [4.78, 5) is 20.5. The zero-order valence-corrected chi connectivity index (χ0v) is 19.9. The molecule has 0 bridgehead atoms. The van der Waals surface area contributed by atoms with Gasteiger partial charge in [0.2, 0.25) is 5.91 Å². The monoisotopic (exact) mass is 507 g/mol. The van der Waals surface area contributed by atoms with Crippen LogP contribution in [0.15, 0.2) is 4.99 Å². The lowest BCUT2D eigenvalue weighted by Crippen LogP contribution is -2.46. The van der Waals surface area contributed by atoms with Crippen molar-refractivity contribution in [3.8, 4) is 0 Å². The number of ether oxygens (including phenoxy) is 1. The number of nitrogens with one attached hydrogen (secondary N) is 2. The number of morpholine rings is 1. The van der Waals surface area contributed by atoms with Crippen LogP contribution in [0.1, 0.15) is 17.0 Å². The first kappa shape index (κ1) is 24.6. The maximum atomic E-state index is 11.9. The van der Waals surface area contributed by atoms with Gasteiger partial charge in [0.05, 0.1) is 32.0 Å². The molecule has 0 saturated carbocycles. The molecular formula is C18H34IN7O2. The number of carbonyl (C=O) groups is 1. The second-order valence-corrected chi connectivity index (χ2v) is 6.96. The molecular weight excluding hydrogens is 473 g/mol. The number of halogens is 1. The maximum Gasteiger partial charge on any atom is 0.241 e. The summed E-state index contributed by atoms with van der Waals surface area (Å²) in [5, 5.41) is 10.9. The van der Waals surface area contributed by atoms with Gasteiger partial charge in [-0.15, -0.1) is 24.0 Å². The SMILES string of the molecule is Cc1nn(C)c(C)c1CN=C(NCCN1CCOCC1)NCC(=O)N(C)C.I. The lowest BCUT2D eigenvalue weighted by atomic mass is 10.2. The molecule has 10 heteroatoms. The number of guanidine groups is 1. The van der Waals surface area contributed by atoms with E-state index in [2.05, 4.69) is 25.6 Å². The number of likely N-dealkylation sites (N-methyl/N-ethyl adjacent to an activating group) is 1. The molecule has 1 aromatic rings. The number of amides is 1. The van der Waals surface area contributed by atoms with E-state index in [1.165, 1.54) is 0 Å². The Morgan fingerprint density at radius 3 is 2.50 bits per heavy atom. The van der Waals surface area contributed by atoms with E-state index in [1.807, 2.05) is 25.6 Å². The third kappa shape index (κ3) is 7.55. The van der Waals surface area contributed by atoms with Gasteiger partial charge >= 0.3 is 0 Å². The summed E-state index contributed by atoms with van der Waals surface area (Å²) in [6, 6.07) is 0. The summed E-state index contributed by atoms with van der Waals surface area (Å²) in [6.45, 7) is 9.92. The first-order valence-corrected chi connectivity index (χ1v) is 9.40. The third-order valence-corrected chi connectivity index (χ3v) is 4.78. The Hall–Kier alpha value is -1.40. The predicted molar refractivity (Wildman–Crippen MR) is 121 cm³/mol. The highest BCUT2D eigenvalue weighted by Gasteiger charge is 2.12. The van der Waals surface area contributed by atoms with Crippen molar-refractivity contribution < 1.29 is 9.53 Å². The molecule has 0 aliphatic carbocycles. The summed E-state index contributed by atoms with van der Waals surface area (Å²) in [7, 11) is 5.43. The van der Waals surface area contributed by atoms with Crippen LogP contribution in [0.4, 0.5) is 0 Å². The summed E-state index contributed by atoms with van der Waals surface area (Å²) in [5.41, 5.74) is 3.20. The van der Waals surface area contributed by atoms with Crippen molar-refractivity contribution in [3.63, 3.8) is 0 Å². The van der Waals surface area contributed by atoms with E-state index < -0.39 is 0 Å². The van der Waals surface area contributed by atoms with E-state index in [9.17, 15) is 4.79 Å². The number of aryl methyl sites for hydroxylation is 2. The minimum Gasteiger partial charge on any atom is -0.379 e. The molecule has 0 aromatic carbocycles. The van der Waals surface area contributed by atoms with Crippen LogP contribution in [-0.2, 0) is 23.1 Å². The quantitative estimate of drug-likeness (QED) is 0.310. The summed E-state index contributed by atoms with van der Waals surface area (Å²) < 4.78 is 7.25. The first-order valence-electron chi connectivity index (χ1n) is 9.40. The first-order chi connectivity index (χ1) is 12.9. The number of rotatable bonds is 7. The molecule has 1 aliphatic heterocycles. The Kier molecular flexibility index (Phi) is 10.8. The molecule has 0 atom stereocenters. The molecule has 1 saturated heterocycles. The highest BCUT2D eigenvalue weighted by molar-refractivity contribution is 14.0. The van der Waals surface area contributed by atoms with E-state index >= 15 is 0 Å². The molecule has 0 radical (unpaired) electrons. The van der Waals surface area contributed by atoms with Gasteiger partial charge < -0.3 is 20.3 Å². The van der Waals surface area contributed by atoms with Gasteiger partial charge in [-0.25, -0.2) is 4.99 Å². The Balaban J connectivity index is 0.00000392. The van der Waals surface area contributed by atoms with Gasteiger partial charge in [-0.1, -0.05) is 0 Å². The van der Waals surface area contributed by atoms with E-state index in [-0.39, 0.29) is 36.4 Å². The Labute approximate surface area is 184 Å². The fraction of sp³-hybridized carbons (Fsp3) is 0.722. The van der Waals surface area contributed by atoms with Gasteiger partial charge in [0, 0.05) is 58.6 Å². The molecule has 2 heterocycles. The average molecular weight is 507 g/mol. The zero-order chi connectivity index (χ0) is 19.8. The summed E-state index contributed by atoms with van der Waals surface area (Å²) >= 11 is 0. The fourth-order valence-electron chi connectivity index (χ4n) is 2.85. The van der Waals surface area contributed by atoms with Gasteiger partial charge in [-0.3, -0.25) is 14.4 Å². The number of hydrogen-bond acceptors (Lipinski definition) is 5. The van der Waals surface area contributed by atoms with Crippen LogP contribution in [0, 0.1) is 13.8 Å². The number of carbonyl (C=O) groups excluding carboxylic acids is 1. The molecule has 0 spiro atoms. The van der Waals surface area contributed by atoms with E-state index in [0.29, 0.717) is 12.5 Å². The lowest BCUT2D eigenvalue weighted by molar-refractivity contribution is -0.127. The zero-order valence-electron chi connectivity index (χ0n) is 17.6. The highest BCUT2D eigenvalue weighted by Crippen LogP contribution is 2.12. The number of nitrogens with zero attached hydrogens (tertiary/aromatic N) is 5. The Bertz CT molecular complexity index is 655. The van der Waals surface area contributed by atoms with Crippen molar-refractivity contribution in [2.45, 2.75) is 20.4 Å². The standard InChI is InChI=1S/C18H33N7O2.HI/c1-14-16(15(2)24(5)22-14)12-20-18(21-13-17(26)23(3)4)19-6-7-25-8-10-27-11-9-25;/h6-13H2,1-5H3,(H2,19,20,21);1H. The van der Waals surface area contributed by atoms with Crippen molar-refractivity contribution >= 4 is 35.8 Å². The van der Waals surface area contributed by atoms with Gasteiger partial charge in [0.15, 0.2) is 5.96 Å². The van der Waals surface area contributed by atoms with Crippen LogP contribution in [0.3, 0.4) is 0 Å². The van der Waals surface area contributed by atoms with Crippen molar-refractivity contribution in [2.75, 3.05) is 60.0 Å². The van der Waals surface area contributed by atoms with Crippen molar-refractivity contribution in [3.05, 3.63) is 17.0 Å². The number of aliphatic imine (C=N–C) groups is 1. The smallest absolute Gasteiger partial charge is 0.241 e. The van der Waals surface area contributed by atoms with Crippen LogP contribution in [0.5, 0.6) is 0 Å². The summed E-state index contributed by atoms with van der Waals surface area (Å²) in [5.74, 6) is 0.646. The van der Waals surface area contributed by atoms with Crippen LogP contribution < -0.4 is 10.6 Å². The fourth-order valence-corrected chi connectivity index (χ4v) is 2.85. The van der Waals surface area contributed by atoms with Crippen LogP contribution in [0.25, 0.3) is 0 Å². The molecule has 1 aromatic heterocycles. The van der Waals surface area contributed by atoms with Crippen molar-refractivity contribution in [1.82, 2.24) is 30.2 Å².